The number of Topliss-reactive ketones (excluding diaryl/α,β-unsaturated/α-hetero) is 2. The Bertz CT molecular complexity index is 2070. The van der Waals surface area contributed by atoms with Crippen molar-refractivity contribution in [2.75, 3.05) is 71.9 Å². The Morgan fingerprint density at radius 2 is 0.602 bits per heavy atom. The molecule has 0 aliphatic rings. The molecule has 23 nitrogen and oxygen atoms in total. The molecule has 0 heterocycles. The third kappa shape index (κ3) is 134. The van der Waals surface area contributed by atoms with Crippen LogP contribution in [-0.2, 0) is 123 Å². The lowest BCUT2D eigenvalue weighted by Gasteiger charge is -2.10. The Morgan fingerprint density at radius 3 is 0.966 bits per heavy atom. The highest BCUT2D eigenvalue weighted by Crippen LogP contribution is 2.16. The topological polar surface area (TPSA) is 291 Å². The molecule has 1 aromatic rings. The van der Waals surface area contributed by atoms with E-state index in [-0.39, 0.29) is 51.4 Å². The average Bonchev–Trinajstić information content (AvgIpc) is 0.918. The molecule has 0 saturated carbocycles. The van der Waals surface area contributed by atoms with Crippen LogP contribution in [-0.4, -0.2) is 148 Å². The first-order valence-corrected chi connectivity index (χ1v) is 47.1. The highest BCUT2D eigenvalue weighted by atomic mass is 32.2. The molecular formula is C94H176O23S. The van der Waals surface area contributed by atoms with Crippen LogP contribution < -0.4 is 0 Å². The number of ketones is 2. The molecule has 0 bridgehead atoms. The maximum Gasteiger partial charge on any atom is 0.295 e. The number of hydrogen-bond donors (Lipinski definition) is 0. The summed E-state index contributed by atoms with van der Waals surface area (Å²) in [7, 11) is 0. The summed E-state index contributed by atoms with van der Waals surface area (Å²) < 4.78 is 61.3. The molecule has 0 aliphatic carbocycles. The van der Waals surface area contributed by atoms with E-state index < -0.39 is 6.29 Å². The fourth-order valence-electron chi connectivity index (χ4n) is 11.1. The van der Waals surface area contributed by atoms with Crippen LogP contribution in [0.15, 0.2) is 24.3 Å². The second kappa shape index (κ2) is 125. The standard InChI is InChI=1S/C14H26O3.C13H18O3.C13H26O3.C13H24O3.C12H24O3.C12H24O2S.C10H20O3.C7H14O3/c1-3-4-5-6-7-8-9-10-14(16)11-13(2)17-12-15;1-2-3-4-12-5-7-13(8-6-12)9-15-11-16-10-14;1-3-4-5-6-7-8-9-10-11-15-13(2)16-12-14;1-2-3-4-5-6-7-8-9-13(15)10-11-16-12-14;1-2-3-4-5-6-7-8-9-10-14-12-15-11-13;1-2-3-4-5-6-7-8-9-10-15-12-14-11-13;1-2-3-4-5-6-7-8-12-10-13-9-11;1-2-3-4-5-9-7-10-6-8/h12-13H,3-11H2,1-2H3;5-8,10H,2-4,9,11H2,1H3;12-13H,3-11H2,1-2H3;12H,2-11H2,1H3;2*11H,2-10,12H2,1H3;9H,2-8,10H2,1H3;6H,2-5,7H2,1H3. The summed E-state index contributed by atoms with van der Waals surface area (Å²) in [6.45, 7) is 28.2. The van der Waals surface area contributed by atoms with Crippen molar-refractivity contribution >= 4 is 75.1 Å². The van der Waals surface area contributed by atoms with E-state index in [4.69, 9.17) is 23.7 Å². The van der Waals surface area contributed by atoms with Gasteiger partial charge in [0.2, 0.25) is 0 Å². The fraction of sp³-hybridized carbons (Fsp3) is 0.830. The summed E-state index contributed by atoms with van der Waals surface area (Å²) in [6, 6.07) is 8.33. The quantitative estimate of drug-likeness (QED) is 0.0253. The van der Waals surface area contributed by atoms with Gasteiger partial charge >= 0.3 is 0 Å². The lowest BCUT2D eigenvalue weighted by atomic mass is 10.0. The van der Waals surface area contributed by atoms with Gasteiger partial charge in [-0.25, -0.2) is 0 Å². The van der Waals surface area contributed by atoms with Crippen LogP contribution >= 0.6 is 11.8 Å². The summed E-state index contributed by atoms with van der Waals surface area (Å²) in [5.74, 6) is 2.03. The van der Waals surface area contributed by atoms with Crippen molar-refractivity contribution in [3.05, 3.63) is 35.4 Å². The van der Waals surface area contributed by atoms with Crippen molar-refractivity contribution in [2.24, 2.45) is 0 Å². The van der Waals surface area contributed by atoms with E-state index in [0.29, 0.717) is 116 Å². The number of thioether (sulfide) groups is 1. The van der Waals surface area contributed by atoms with Crippen molar-refractivity contribution in [3.63, 3.8) is 0 Å². The first-order valence-electron chi connectivity index (χ1n) is 46.0. The largest absolute Gasteiger partial charge is 0.467 e. The van der Waals surface area contributed by atoms with Gasteiger partial charge in [0, 0.05) is 25.7 Å². The van der Waals surface area contributed by atoms with E-state index in [9.17, 15) is 47.9 Å². The molecule has 24 heteroatoms. The summed E-state index contributed by atoms with van der Waals surface area (Å²) >= 11 is 1.70. The molecule has 0 N–H and O–H groups in total. The first-order chi connectivity index (χ1) is 57.8. The Morgan fingerprint density at radius 1 is 0.297 bits per heavy atom. The van der Waals surface area contributed by atoms with Crippen molar-refractivity contribution < 1.29 is 110 Å². The highest BCUT2D eigenvalue weighted by molar-refractivity contribution is 7.99. The molecule has 1 aromatic carbocycles. The van der Waals surface area contributed by atoms with Gasteiger partial charge in [-0.05, 0) is 88.5 Å². The van der Waals surface area contributed by atoms with E-state index in [1.807, 2.05) is 12.1 Å². The lowest BCUT2D eigenvalue weighted by Crippen LogP contribution is -2.13. The lowest BCUT2D eigenvalue weighted by molar-refractivity contribution is -0.159. The molecule has 0 aromatic heterocycles. The molecular weight excluding hydrogens is 1530 g/mol. The van der Waals surface area contributed by atoms with Crippen molar-refractivity contribution in [3.8, 4) is 0 Å². The van der Waals surface area contributed by atoms with Crippen LogP contribution in [0, 0.1) is 0 Å². The van der Waals surface area contributed by atoms with Gasteiger partial charge in [0.25, 0.3) is 51.8 Å². The molecule has 0 amide bonds. The molecule has 1 rings (SSSR count). The van der Waals surface area contributed by atoms with E-state index >= 15 is 0 Å². The predicted octanol–water partition coefficient (Wildman–Crippen LogP) is 24.3. The molecule has 0 aliphatic heterocycles. The monoisotopic (exact) mass is 1710 g/mol. The predicted molar refractivity (Wildman–Crippen MR) is 477 cm³/mol. The zero-order valence-corrected chi connectivity index (χ0v) is 77.4. The van der Waals surface area contributed by atoms with Crippen molar-refractivity contribution in [2.45, 2.75) is 435 Å². The number of carbonyl (C=O) groups excluding carboxylic acids is 10. The fourth-order valence-corrected chi connectivity index (χ4v) is 11.8. The van der Waals surface area contributed by atoms with Gasteiger partial charge in [-0.3, -0.25) is 47.9 Å². The SMILES string of the molecule is CCCCCCCCCC(=O)CC(C)OC=O.CCCCCCCCCC(=O)CCOC=O.CCCCCCCCCCOC(C)OC=O.CCCCCCCCCCOCOC=O.CCCCCCCCCCSCOC=O.CCCCCCCCOCOC=O.CCCCCOCOC=O.CCCCc1ccc(COCOC=O)cc1. The first kappa shape index (κ1) is 126. The second-order valence-corrected chi connectivity index (χ2v) is 30.2. The van der Waals surface area contributed by atoms with Crippen LogP contribution in [0.2, 0.25) is 0 Å². The number of rotatable bonds is 85. The summed E-state index contributed by atoms with van der Waals surface area (Å²) in [4.78, 5) is 101. The Balaban J connectivity index is -0.000000240. The number of ether oxygens (including phenoxy) is 13. The molecule has 696 valence electrons. The zero-order chi connectivity index (χ0) is 88.5. The van der Waals surface area contributed by atoms with Gasteiger partial charge < -0.3 is 61.6 Å². The molecule has 2 atom stereocenters. The van der Waals surface area contributed by atoms with Crippen LogP contribution in [0.5, 0.6) is 0 Å². The Kier molecular flexibility index (Phi) is 133. The maximum absolute atomic E-state index is 11.5. The second-order valence-electron chi connectivity index (χ2n) is 29.2. The number of aryl methyl sites for hydroxylation is 1. The molecule has 2 unspecified atom stereocenters. The van der Waals surface area contributed by atoms with E-state index in [0.717, 1.165) is 69.1 Å². The number of benzene rings is 1. The number of unbranched alkanes of at least 4 members (excludes halogenated alkanes) is 41. The van der Waals surface area contributed by atoms with Crippen LogP contribution in [0.1, 0.15) is 421 Å². The van der Waals surface area contributed by atoms with Gasteiger partial charge in [0.1, 0.15) is 23.6 Å². The van der Waals surface area contributed by atoms with Gasteiger partial charge in [-0.2, -0.15) is 0 Å². The normalized spacial score (nSPS) is 10.6. The van der Waals surface area contributed by atoms with Crippen LogP contribution in [0.3, 0.4) is 0 Å². The molecule has 0 radical (unpaired) electrons. The minimum Gasteiger partial charge on any atom is -0.467 e. The van der Waals surface area contributed by atoms with Crippen molar-refractivity contribution in [1.82, 2.24) is 0 Å². The van der Waals surface area contributed by atoms with E-state index in [2.05, 4.69) is 105 Å². The summed E-state index contributed by atoms with van der Waals surface area (Å²) in [5.41, 5.74) is 2.45. The molecule has 118 heavy (non-hydrogen) atoms. The average molecular weight is 1710 g/mol. The number of carbonyl (C=O) groups is 10. The van der Waals surface area contributed by atoms with E-state index in [1.165, 1.54) is 269 Å². The van der Waals surface area contributed by atoms with Crippen LogP contribution in [0.25, 0.3) is 0 Å². The van der Waals surface area contributed by atoms with Gasteiger partial charge in [-0.15, -0.1) is 11.8 Å². The smallest absolute Gasteiger partial charge is 0.295 e. The summed E-state index contributed by atoms with van der Waals surface area (Å²) in [5, 5.41) is 0. The summed E-state index contributed by atoms with van der Waals surface area (Å²) in [6.07, 6.45) is 64.3. The third-order valence-corrected chi connectivity index (χ3v) is 19.0. The Hall–Kier alpha value is -5.53. The van der Waals surface area contributed by atoms with E-state index in [1.54, 1.807) is 25.6 Å². The third-order valence-electron chi connectivity index (χ3n) is 18.1. The minimum atomic E-state index is -0.401. The molecule has 0 spiro atoms. The van der Waals surface area contributed by atoms with Crippen LogP contribution in [0.4, 0.5) is 0 Å². The van der Waals surface area contributed by atoms with Crippen molar-refractivity contribution in [1.29, 1.82) is 0 Å². The molecule has 0 fully saturated rings. The molecule has 0 saturated heterocycles. The van der Waals surface area contributed by atoms with Gasteiger partial charge in [0.15, 0.2) is 33.5 Å². The van der Waals surface area contributed by atoms with Gasteiger partial charge in [0.05, 0.1) is 39.6 Å². The number of hydrogen-bond acceptors (Lipinski definition) is 24. The highest BCUT2D eigenvalue weighted by Gasteiger charge is 2.10. The Labute approximate surface area is 723 Å². The minimum absolute atomic E-state index is 0.0150. The van der Waals surface area contributed by atoms with Gasteiger partial charge in [-0.1, -0.05) is 343 Å². The maximum atomic E-state index is 11.5. The zero-order valence-electron chi connectivity index (χ0n) is 76.5.